The minimum Gasteiger partial charge on any atom is -0.381 e. The second-order valence-electron chi connectivity index (χ2n) is 10.1. The highest BCUT2D eigenvalue weighted by Crippen LogP contribution is 2.33. The second-order valence-corrected chi connectivity index (χ2v) is 10.1. The zero-order valence-corrected chi connectivity index (χ0v) is 25.5. The van der Waals surface area contributed by atoms with Gasteiger partial charge in [0.1, 0.15) is 19.8 Å². The zero-order valence-electron chi connectivity index (χ0n) is 25.5. The van der Waals surface area contributed by atoms with E-state index in [0.717, 1.165) is 50.4 Å². The number of para-hydroxylation sites is 3. The summed E-state index contributed by atoms with van der Waals surface area (Å²) in [5, 5.41) is 10.8. The van der Waals surface area contributed by atoms with Gasteiger partial charge < -0.3 is 30.2 Å². The Bertz CT molecular complexity index is 1390. The van der Waals surface area contributed by atoms with Crippen LogP contribution in [0.25, 0.3) is 0 Å². The van der Waals surface area contributed by atoms with E-state index in [-0.39, 0.29) is 19.8 Å². The molecule has 228 valence electrons. The smallest absolute Gasteiger partial charge is 0.107 e. The first-order valence-electron chi connectivity index (χ1n) is 14.8. The van der Waals surface area contributed by atoms with E-state index in [1.807, 2.05) is 91.0 Å². The van der Waals surface area contributed by atoms with E-state index in [4.69, 9.17) is 33.5 Å². The van der Waals surface area contributed by atoms with Crippen LogP contribution >= 0.6 is 0 Å². The molecule has 0 fully saturated rings. The molecule has 0 aliphatic heterocycles. The topological polar surface area (TPSA) is 63.8 Å². The van der Waals surface area contributed by atoms with Crippen LogP contribution in [0.15, 0.2) is 91.0 Å². The molecule has 45 heavy (non-hydrogen) atoms. The summed E-state index contributed by atoms with van der Waals surface area (Å²) in [7, 11) is 0. The number of ether oxygens (including phenoxy) is 3. The summed E-state index contributed by atoms with van der Waals surface area (Å²) >= 11 is 0. The first kappa shape index (κ1) is 32.7. The van der Waals surface area contributed by atoms with Crippen LogP contribution in [0.3, 0.4) is 0 Å². The van der Waals surface area contributed by atoms with E-state index in [9.17, 15) is 0 Å². The van der Waals surface area contributed by atoms with Crippen LogP contribution in [0.2, 0.25) is 0 Å². The Balaban J connectivity index is 1.91. The van der Waals surface area contributed by atoms with Crippen LogP contribution in [0.1, 0.15) is 33.4 Å². The number of hydrogen-bond acceptors (Lipinski definition) is 6. The van der Waals surface area contributed by atoms with Gasteiger partial charge in [-0.25, -0.2) is 0 Å². The third-order valence-corrected chi connectivity index (χ3v) is 7.21. The summed E-state index contributed by atoms with van der Waals surface area (Å²) in [5.74, 6) is 7.79. The summed E-state index contributed by atoms with van der Waals surface area (Å²) in [5.41, 5.74) is 9.21. The molecule has 3 N–H and O–H groups in total. The van der Waals surface area contributed by atoms with Crippen molar-refractivity contribution in [1.29, 1.82) is 0 Å². The molecule has 4 aromatic carbocycles. The predicted octanol–water partition coefficient (Wildman–Crippen LogP) is 6.97. The maximum Gasteiger partial charge on any atom is 0.107 e. The molecule has 0 aliphatic rings. The molecule has 0 saturated carbocycles. The first-order valence-corrected chi connectivity index (χ1v) is 14.8. The van der Waals surface area contributed by atoms with Gasteiger partial charge in [0.25, 0.3) is 0 Å². The molecule has 0 heterocycles. The highest BCUT2D eigenvalue weighted by Gasteiger charge is 2.24. The predicted molar refractivity (Wildman–Crippen MR) is 183 cm³/mol. The van der Waals surface area contributed by atoms with Crippen LogP contribution in [-0.2, 0) is 53.7 Å². The Morgan fingerprint density at radius 3 is 0.911 bits per heavy atom. The fraction of sp³-hybridized carbons (Fsp3) is 0.231. The van der Waals surface area contributed by atoms with Gasteiger partial charge in [-0.2, -0.15) is 0 Å². The molecule has 0 spiro atoms. The Labute approximate surface area is 267 Å². The second kappa shape index (κ2) is 18.5. The molecule has 0 radical (unpaired) electrons. The Morgan fingerprint density at radius 1 is 0.400 bits per heavy atom. The lowest BCUT2D eigenvalue weighted by Crippen LogP contribution is -2.21. The summed E-state index contributed by atoms with van der Waals surface area (Å²) < 4.78 is 18.1. The molecule has 0 aromatic heterocycles. The van der Waals surface area contributed by atoms with Gasteiger partial charge in [0.15, 0.2) is 0 Å². The van der Waals surface area contributed by atoms with Crippen molar-refractivity contribution in [2.24, 2.45) is 0 Å². The fourth-order valence-corrected chi connectivity index (χ4v) is 5.13. The molecular formula is C39H39N3O3. The minimum atomic E-state index is 0.181. The Kier molecular flexibility index (Phi) is 13.5. The lowest BCUT2D eigenvalue weighted by molar-refractivity contribution is 0.142. The fourth-order valence-electron chi connectivity index (χ4n) is 5.13. The number of rotatable bonds is 18. The molecule has 0 aliphatic carbocycles. The number of benzene rings is 4. The van der Waals surface area contributed by atoms with Crippen molar-refractivity contribution in [3.63, 3.8) is 0 Å². The Hall–Kier alpha value is -5.16. The summed E-state index contributed by atoms with van der Waals surface area (Å²) in [4.78, 5) is 0. The quantitative estimate of drug-likeness (QED) is 0.0851. The molecule has 6 nitrogen and oxygen atoms in total. The molecule has 6 heteroatoms. The SMILES string of the molecule is C#CCOCc1c(CNc2ccccc2)c(COCC#C)c(CNc2ccccc2)c(COCC#C)c1CNc1ccccc1. The lowest BCUT2D eigenvalue weighted by atomic mass is 9.86. The molecular weight excluding hydrogens is 558 g/mol. The third-order valence-electron chi connectivity index (χ3n) is 7.21. The summed E-state index contributed by atoms with van der Waals surface area (Å²) in [6.45, 7) is 3.03. The van der Waals surface area contributed by atoms with Crippen molar-refractivity contribution in [3.05, 3.63) is 124 Å². The summed E-state index contributed by atoms with van der Waals surface area (Å²) in [6, 6.07) is 30.3. The molecule has 0 atom stereocenters. The van der Waals surface area contributed by atoms with E-state index in [0.29, 0.717) is 39.5 Å². The van der Waals surface area contributed by atoms with E-state index in [1.165, 1.54) is 0 Å². The number of terminal acetylenes is 3. The monoisotopic (exact) mass is 597 g/mol. The van der Waals surface area contributed by atoms with Crippen LogP contribution in [0.4, 0.5) is 17.1 Å². The molecule has 0 bridgehead atoms. The van der Waals surface area contributed by atoms with Gasteiger partial charge in [0.2, 0.25) is 0 Å². The zero-order chi connectivity index (χ0) is 31.5. The third kappa shape index (κ3) is 9.94. The van der Waals surface area contributed by atoms with Gasteiger partial charge in [0, 0.05) is 36.7 Å². The van der Waals surface area contributed by atoms with Crippen LogP contribution in [0.5, 0.6) is 0 Å². The molecule has 4 rings (SSSR count). The van der Waals surface area contributed by atoms with Gasteiger partial charge in [-0.05, 0) is 69.8 Å². The van der Waals surface area contributed by atoms with Crippen molar-refractivity contribution in [3.8, 4) is 37.0 Å². The average Bonchev–Trinajstić information content (AvgIpc) is 3.08. The van der Waals surface area contributed by atoms with Crippen molar-refractivity contribution in [1.82, 2.24) is 0 Å². The van der Waals surface area contributed by atoms with Crippen molar-refractivity contribution >= 4 is 17.1 Å². The Morgan fingerprint density at radius 2 is 0.667 bits per heavy atom. The maximum atomic E-state index is 6.03. The largest absolute Gasteiger partial charge is 0.381 e. The van der Waals surface area contributed by atoms with Crippen molar-refractivity contribution in [2.45, 2.75) is 39.5 Å². The van der Waals surface area contributed by atoms with Crippen LogP contribution in [-0.4, -0.2) is 19.8 Å². The van der Waals surface area contributed by atoms with Crippen molar-refractivity contribution < 1.29 is 14.2 Å². The standard InChI is InChI=1S/C39H39N3O3/c1-4-22-43-28-37-34(25-40-31-16-10-7-11-17-31)38(29-44-23-5-2)36(27-42-33-20-14-9-15-21-33)39(30-45-24-6-3)35(37)26-41-32-18-12-8-13-19-32/h1-3,7-21,40-42H,22-30H2. The number of nitrogens with one attached hydrogen (secondary N) is 3. The van der Waals surface area contributed by atoms with Crippen LogP contribution in [0, 0.1) is 37.0 Å². The van der Waals surface area contributed by atoms with Gasteiger partial charge in [-0.15, -0.1) is 19.3 Å². The van der Waals surface area contributed by atoms with E-state index in [1.54, 1.807) is 0 Å². The van der Waals surface area contributed by atoms with E-state index < -0.39 is 0 Å². The normalized spacial score (nSPS) is 10.3. The van der Waals surface area contributed by atoms with Gasteiger partial charge in [-0.1, -0.05) is 72.4 Å². The maximum absolute atomic E-state index is 6.03. The summed E-state index contributed by atoms with van der Waals surface area (Å²) in [6.07, 6.45) is 16.8. The van der Waals surface area contributed by atoms with Crippen LogP contribution < -0.4 is 16.0 Å². The van der Waals surface area contributed by atoms with Crippen molar-refractivity contribution in [2.75, 3.05) is 35.8 Å². The molecule has 0 amide bonds. The number of anilines is 3. The first-order chi connectivity index (χ1) is 22.2. The van der Waals surface area contributed by atoms with Gasteiger partial charge in [0.05, 0.1) is 19.8 Å². The molecule has 4 aromatic rings. The number of hydrogen-bond donors (Lipinski definition) is 3. The van der Waals surface area contributed by atoms with Gasteiger partial charge >= 0.3 is 0 Å². The van der Waals surface area contributed by atoms with E-state index in [2.05, 4.69) is 33.7 Å². The average molecular weight is 598 g/mol. The highest BCUT2D eigenvalue weighted by atomic mass is 16.5. The van der Waals surface area contributed by atoms with E-state index >= 15 is 0 Å². The minimum absolute atomic E-state index is 0.181. The lowest BCUT2D eigenvalue weighted by Gasteiger charge is -2.28. The molecule has 0 unspecified atom stereocenters. The highest BCUT2D eigenvalue weighted by molar-refractivity contribution is 5.57. The van der Waals surface area contributed by atoms with Gasteiger partial charge in [-0.3, -0.25) is 0 Å². The molecule has 0 saturated heterocycles.